The molecule has 0 aliphatic heterocycles. The summed E-state index contributed by atoms with van der Waals surface area (Å²) in [6.07, 6.45) is 3.76. The fourth-order valence-electron chi connectivity index (χ4n) is 0.546. The monoisotopic (exact) mass is 174 g/mol. The number of thiocarbonyl (C=S) groups is 1. The van der Waals surface area contributed by atoms with E-state index in [1.165, 1.54) is 5.49 Å². The van der Waals surface area contributed by atoms with Crippen LogP contribution in [0.3, 0.4) is 0 Å². The molecule has 0 saturated carbocycles. The zero-order chi connectivity index (χ0) is 6.53. The second kappa shape index (κ2) is 5.14. The molecule has 1 aromatic heterocycles. The Bertz CT molecular complexity index is 190. The van der Waals surface area contributed by atoms with E-state index in [0.717, 1.165) is 0 Å². The van der Waals surface area contributed by atoms with E-state index in [1.807, 2.05) is 30.6 Å². The molecule has 4 heteroatoms. The first kappa shape index (κ1) is 9.33. The average Bonchev–Trinajstić information content (AvgIpc) is 1.91. The highest BCUT2D eigenvalue weighted by Crippen LogP contribution is 1.72. The molecule has 0 saturated heterocycles. The highest BCUT2D eigenvalue weighted by molar-refractivity contribution is 7.79. The molecule has 0 radical (unpaired) electrons. The van der Waals surface area contributed by atoms with Crippen molar-refractivity contribution in [1.82, 2.24) is 0 Å². The van der Waals surface area contributed by atoms with Gasteiger partial charge in [0.1, 0.15) is 5.49 Å². The van der Waals surface area contributed by atoms with Crippen LogP contribution in [0.15, 0.2) is 30.6 Å². The van der Waals surface area contributed by atoms with Crippen LogP contribution in [-0.4, -0.2) is 5.49 Å². The van der Waals surface area contributed by atoms with Crippen molar-refractivity contribution in [2.45, 2.75) is 0 Å². The van der Waals surface area contributed by atoms with Gasteiger partial charge in [-0.3, -0.25) is 0 Å². The summed E-state index contributed by atoms with van der Waals surface area (Å²) in [5, 5.41) is 0. The summed E-state index contributed by atoms with van der Waals surface area (Å²) >= 11 is 4.58. The van der Waals surface area contributed by atoms with Crippen molar-refractivity contribution in [2.24, 2.45) is 0 Å². The quantitative estimate of drug-likeness (QED) is 0.394. The van der Waals surface area contributed by atoms with Crippen LogP contribution in [0.1, 0.15) is 0 Å². The molecule has 1 aromatic rings. The zero-order valence-corrected chi connectivity index (χ0v) is 6.77. The average molecular weight is 175 g/mol. The molecule has 2 nitrogen and oxygen atoms in total. The van der Waals surface area contributed by atoms with Gasteiger partial charge in [0.25, 0.3) is 0 Å². The smallest absolute Gasteiger partial charge is 0.199 e. The van der Waals surface area contributed by atoms with Crippen molar-refractivity contribution in [3.8, 4) is 0 Å². The van der Waals surface area contributed by atoms with Gasteiger partial charge >= 0.3 is 0 Å². The number of aromatic nitrogens is 1. The zero-order valence-electron chi connectivity index (χ0n) is 5.20. The Kier molecular flexibility index (Phi) is 4.80. The molecule has 0 unspecified atom stereocenters. The van der Waals surface area contributed by atoms with Gasteiger partial charge in [0.2, 0.25) is 0 Å². The summed E-state index contributed by atoms with van der Waals surface area (Å²) in [5.41, 5.74) is 4.27. The molecule has 54 valence electrons. The highest BCUT2D eigenvalue weighted by Gasteiger charge is 1.87. The van der Waals surface area contributed by atoms with Crippen molar-refractivity contribution in [1.29, 1.82) is 0 Å². The highest BCUT2D eigenvalue weighted by atomic mass is 35.5. The second-order valence-electron chi connectivity index (χ2n) is 1.53. The Labute approximate surface area is 71.3 Å². The minimum Gasteiger partial charge on any atom is -1.00 e. The predicted octanol–water partition coefficient (Wildman–Crippen LogP) is -2.52. The normalized spacial score (nSPS) is 7.60. The molecule has 0 aromatic carbocycles. The van der Waals surface area contributed by atoms with E-state index in [4.69, 9.17) is 0 Å². The van der Waals surface area contributed by atoms with E-state index in [-0.39, 0.29) is 12.4 Å². The largest absolute Gasteiger partial charge is 1.00 e. The summed E-state index contributed by atoms with van der Waals surface area (Å²) in [6.45, 7) is 0. The third kappa shape index (κ3) is 2.75. The van der Waals surface area contributed by atoms with E-state index in [2.05, 4.69) is 17.6 Å². The number of hydrogen-bond donors (Lipinski definition) is 1. The van der Waals surface area contributed by atoms with Crippen molar-refractivity contribution in [3.05, 3.63) is 30.6 Å². The summed E-state index contributed by atoms with van der Waals surface area (Å²) in [5.74, 6) is 0. The first-order valence-corrected chi connectivity index (χ1v) is 3.07. The van der Waals surface area contributed by atoms with Crippen LogP contribution in [0.25, 0.3) is 0 Å². The van der Waals surface area contributed by atoms with Crippen molar-refractivity contribution < 1.29 is 17.1 Å². The number of nitrogens with zero attached hydrogens (tertiary/aromatic N) is 1. The molecule has 0 aliphatic carbocycles. The van der Waals surface area contributed by atoms with Crippen LogP contribution in [0.4, 0.5) is 0 Å². The summed E-state index contributed by atoms with van der Waals surface area (Å²) in [4.78, 5) is 0. The number of rotatable bonds is 2. The fourth-order valence-corrected chi connectivity index (χ4v) is 0.667. The third-order valence-corrected chi connectivity index (χ3v) is 1.02. The van der Waals surface area contributed by atoms with Crippen LogP contribution in [-0.2, 0) is 0 Å². The molecule has 1 N–H and O–H groups in total. The van der Waals surface area contributed by atoms with Gasteiger partial charge in [-0.1, -0.05) is 23.0 Å². The molecule has 1 heterocycles. The molecule has 1 rings (SSSR count). The Balaban J connectivity index is 0.000000810. The van der Waals surface area contributed by atoms with Gasteiger partial charge in [0, 0.05) is 12.1 Å². The Morgan fingerprint density at radius 3 is 2.30 bits per heavy atom. The van der Waals surface area contributed by atoms with Gasteiger partial charge in [-0.05, 0) is 0 Å². The van der Waals surface area contributed by atoms with Crippen LogP contribution in [0.2, 0.25) is 0 Å². The molecular weight excluding hydrogens is 168 g/mol. The van der Waals surface area contributed by atoms with Gasteiger partial charge in [-0.15, -0.1) is 0 Å². The first-order chi connectivity index (χ1) is 4.43. The van der Waals surface area contributed by atoms with E-state index < -0.39 is 0 Å². The number of pyridine rings is 1. The second-order valence-corrected chi connectivity index (χ2v) is 1.77. The maximum absolute atomic E-state index is 4.58. The van der Waals surface area contributed by atoms with Gasteiger partial charge in [0.15, 0.2) is 12.4 Å². The molecule has 0 fully saturated rings. The Morgan fingerprint density at radius 2 is 1.80 bits per heavy atom. The number of hydrogen-bond acceptors (Lipinski definition) is 1. The third-order valence-electron chi connectivity index (χ3n) is 0.917. The molecular formula is C6H7ClN2S. The standard InChI is InChI=1S/C6H6N2S.ClH/c9-6-7-8-4-2-1-3-5-8;/h1-6H;1H. The van der Waals surface area contributed by atoms with E-state index in [9.17, 15) is 0 Å². The lowest BCUT2D eigenvalue weighted by Gasteiger charge is -1.87. The van der Waals surface area contributed by atoms with E-state index in [1.54, 1.807) is 4.68 Å². The molecule has 0 aliphatic rings. The fraction of sp³-hybridized carbons (Fsp3) is 0. The van der Waals surface area contributed by atoms with E-state index >= 15 is 0 Å². The first-order valence-electron chi connectivity index (χ1n) is 2.60. The topological polar surface area (TPSA) is 15.9 Å². The van der Waals surface area contributed by atoms with Crippen LogP contribution in [0.5, 0.6) is 0 Å². The van der Waals surface area contributed by atoms with Crippen LogP contribution in [0, 0.1) is 0 Å². The van der Waals surface area contributed by atoms with Crippen LogP contribution < -0.4 is 22.5 Å². The van der Waals surface area contributed by atoms with Gasteiger partial charge in [0.05, 0.1) is 0 Å². The van der Waals surface area contributed by atoms with Crippen molar-refractivity contribution >= 4 is 17.7 Å². The lowest BCUT2D eigenvalue weighted by atomic mass is 10.5. The number of nitrogens with one attached hydrogen (secondary N) is 1. The molecule has 0 amide bonds. The van der Waals surface area contributed by atoms with Gasteiger partial charge in [-0.2, -0.15) is 5.43 Å². The lowest BCUT2D eigenvalue weighted by molar-refractivity contribution is -0.639. The maximum atomic E-state index is 4.58. The summed E-state index contributed by atoms with van der Waals surface area (Å²) < 4.78 is 1.77. The summed E-state index contributed by atoms with van der Waals surface area (Å²) in [6, 6.07) is 5.79. The van der Waals surface area contributed by atoms with Crippen molar-refractivity contribution in [2.75, 3.05) is 5.43 Å². The Morgan fingerprint density at radius 1 is 1.20 bits per heavy atom. The van der Waals surface area contributed by atoms with Crippen LogP contribution >= 0.6 is 12.2 Å². The van der Waals surface area contributed by atoms with Gasteiger partial charge < -0.3 is 12.4 Å². The maximum Gasteiger partial charge on any atom is 0.199 e. The SMILES string of the molecule is S=CN[n+]1ccccc1.[Cl-]. The lowest BCUT2D eigenvalue weighted by Crippen LogP contribution is -3.00. The van der Waals surface area contributed by atoms with Gasteiger partial charge in [-0.25, -0.2) is 0 Å². The summed E-state index contributed by atoms with van der Waals surface area (Å²) in [7, 11) is 0. The molecule has 10 heavy (non-hydrogen) atoms. The number of halogens is 1. The predicted molar refractivity (Wildman–Crippen MR) is 39.7 cm³/mol. The molecule has 0 spiro atoms. The molecule has 0 bridgehead atoms. The minimum atomic E-state index is 0. The minimum absolute atomic E-state index is 0. The van der Waals surface area contributed by atoms with E-state index in [0.29, 0.717) is 0 Å². The molecule has 0 atom stereocenters. The Hall–Kier alpha value is -0.670. The van der Waals surface area contributed by atoms with Crippen molar-refractivity contribution in [3.63, 3.8) is 0 Å².